The van der Waals surface area contributed by atoms with Crippen LogP contribution in [0.15, 0.2) is 29.1 Å². The number of nitrogens with one attached hydrogen (secondary N) is 1. The van der Waals surface area contributed by atoms with Crippen LogP contribution in [0.25, 0.3) is 11.1 Å². The molecule has 0 spiro atoms. The van der Waals surface area contributed by atoms with Gasteiger partial charge in [-0.2, -0.15) is 0 Å². The van der Waals surface area contributed by atoms with E-state index in [4.69, 9.17) is 14.2 Å². The minimum Gasteiger partial charge on any atom is -0.549 e. The van der Waals surface area contributed by atoms with E-state index < -0.39 is 60.7 Å². The summed E-state index contributed by atoms with van der Waals surface area (Å²) in [6.07, 6.45) is 0.792. The zero-order chi connectivity index (χ0) is 37.9. The molecule has 1 saturated heterocycles. The first-order valence-corrected chi connectivity index (χ1v) is 16.8. The van der Waals surface area contributed by atoms with Crippen LogP contribution in [0.1, 0.15) is 23.6 Å². The summed E-state index contributed by atoms with van der Waals surface area (Å²) in [6, 6.07) is 5.28. The van der Waals surface area contributed by atoms with Crippen molar-refractivity contribution in [2.24, 2.45) is 0 Å². The van der Waals surface area contributed by atoms with Crippen LogP contribution in [-0.2, 0) is 25.6 Å². The van der Waals surface area contributed by atoms with Crippen LogP contribution in [-0.4, -0.2) is 148 Å². The number of amides is 1. The van der Waals surface area contributed by atoms with Crippen LogP contribution < -0.4 is 40.3 Å². The number of ether oxygens (including phenoxy) is 3. The predicted molar refractivity (Wildman–Crippen MR) is 179 cm³/mol. The third-order valence-electron chi connectivity index (χ3n) is 9.21. The molecule has 1 aliphatic heterocycles. The largest absolute Gasteiger partial charge is 3.00 e. The number of nitrogens with zero attached hydrogens (tertiary/aromatic N) is 4. The monoisotopic (exact) mass is 884 g/mol. The molecule has 1 amide bonds. The van der Waals surface area contributed by atoms with Crippen LogP contribution in [0, 0.1) is 39.9 Å². The van der Waals surface area contributed by atoms with E-state index in [1.807, 2.05) is 0 Å². The van der Waals surface area contributed by atoms with Crippen LogP contribution in [0.5, 0.6) is 23.0 Å². The van der Waals surface area contributed by atoms with Gasteiger partial charge in [0.05, 0.1) is 51.8 Å². The Hall–Kier alpha value is -3.65. The van der Waals surface area contributed by atoms with Gasteiger partial charge in [-0.1, -0.05) is 6.07 Å². The molecule has 289 valence electrons. The molecule has 2 aromatic carbocycles. The minimum absolute atomic E-state index is 0. The van der Waals surface area contributed by atoms with E-state index in [1.165, 1.54) is 33.5 Å². The van der Waals surface area contributed by atoms with Gasteiger partial charge in [0, 0.05) is 77.6 Å². The van der Waals surface area contributed by atoms with Gasteiger partial charge in [-0.15, -0.1) is 0 Å². The van der Waals surface area contributed by atoms with Crippen LogP contribution in [0.3, 0.4) is 0 Å². The van der Waals surface area contributed by atoms with E-state index in [2.05, 4.69) is 5.32 Å². The van der Waals surface area contributed by atoms with Gasteiger partial charge in [-0.3, -0.25) is 29.2 Å². The van der Waals surface area contributed by atoms with E-state index in [9.17, 15) is 44.4 Å². The summed E-state index contributed by atoms with van der Waals surface area (Å²) >= 11 is 0. The summed E-state index contributed by atoms with van der Waals surface area (Å²) in [7, 11) is 4.45. The van der Waals surface area contributed by atoms with Gasteiger partial charge in [-0.25, -0.2) is 0 Å². The van der Waals surface area contributed by atoms with Gasteiger partial charge in [0.1, 0.15) is 0 Å². The molecular weight excluding hydrogens is 840 g/mol. The van der Waals surface area contributed by atoms with Crippen molar-refractivity contribution in [2.45, 2.75) is 18.9 Å². The molecule has 0 saturated carbocycles. The van der Waals surface area contributed by atoms with Gasteiger partial charge in [0.2, 0.25) is 17.1 Å². The number of aliphatic carboxylic acids is 3. The fraction of sp³-hybridized carbons (Fsp3) is 0.514. The summed E-state index contributed by atoms with van der Waals surface area (Å²) in [5, 5.41) is 47.9. The number of aromatic hydroxyl groups is 1. The minimum atomic E-state index is -1.32. The summed E-state index contributed by atoms with van der Waals surface area (Å²) < 4.78 is 17.0. The average Bonchev–Trinajstić information content (AvgIpc) is 3.32. The Kier molecular flexibility index (Phi) is 17.1. The van der Waals surface area contributed by atoms with Gasteiger partial charge in [0.15, 0.2) is 17.2 Å². The molecule has 2 N–H and O–H groups in total. The summed E-state index contributed by atoms with van der Waals surface area (Å²) in [5.41, 5.74) is 1.74. The number of fused-ring (bicyclic) bond motifs is 3. The van der Waals surface area contributed by atoms with E-state index in [0.717, 1.165) is 5.56 Å². The molecule has 2 aliphatic rings. The summed E-state index contributed by atoms with van der Waals surface area (Å²) in [5.74, 6) is -3.75. The Bertz CT molecular complexity index is 1660. The molecule has 1 radical (unpaired) electrons. The fourth-order valence-corrected chi connectivity index (χ4v) is 6.66. The number of hydrogen-bond donors (Lipinski definition) is 2. The predicted octanol–water partition coefficient (Wildman–Crippen LogP) is -3.98. The summed E-state index contributed by atoms with van der Waals surface area (Å²) in [4.78, 5) is 67.7. The number of benzene rings is 1. The van der Waals surface area contributed by atoms with E-state index in [1.54, 1.807) is 31.7 Å². The van der Waals surface area contributed by atoms with Crippen LogP contribution >= 0.6 is 0 Å². The Balaban J connectivity index is 0.00000756. The Morgan fingerprint density at radius 3 is 1.64 bits per heavy atom. The average molecular weight is 884 g/mol. The van der Waals surface area contributed by atoms with Crippen molar-refractivity contribution in [1.29, 1.82) is 0 Å². The molecule has 4 rings (SSSR count). The Morgan fingerprint density at radius 1 is 0.736 bits per heavy atom. The number of methoxy groups -OCH3 is 3. The molecule has 1 heterocycles. The standard InChI is InChI=1S/C35H47N5O12.Gd/c1-50-28-16-22-4-6-25(24-17-27(42)26(41)7-5-23(24)33(22)35(52-3)34(28)51-2)36-29(43)18-37-8-10-38(19-30(44)45)12-14-40(21-32(48)49)15-13-39(11-9-37)20-31(46)47;/h5,7,16-17,25H,4,6,8-15,18-21H2,1-3H3,(H,36,43)(H,41,42)(H,44,45)(H,46,47)(H,48,49);/q;+3/p-3/t25-;/m0./s1. The van der Waals surface area contributed by atoms with Crippen molar-refractivity contribution < 1.29 is 93.8 Å². The second-order valence-electron chi connectivity index (χ2n) is 12.7. The number of carboxylic acid groups (broad SMARTS) is 3. The first-order valence-electron chi connectivity index (χ1n) is 16.8. The maximum atomic E-state index is 13.8. The van der Waals surface area contributed by atoms with Crippen LogP contribution in [0.2, 0.25) is 0 Å². The van der Waals surface area contributed by atoms with Gasteiger partial charge in [0.25, 0.3) is 0 Å². The van der Waals surface area contributed by atoms with Crippen molar-refractivity contribution in [2.75, 3.05) is 99.9 Å². The molecule has 17 nitrogen and oxygen atoms in total. The first-order chi connectivity index (χ1) is 24.8. The molecule has 1 fully saturated rings. The van der Waals surface area contributed by atoms with Crippen molar-refractivity contribution in [3.8, 4) is 34.1 Å². The first kappa shape index (κ1) is 43.8. The normalized spacial score (nSPS) is 17.7. The second kappa shape index (κ2) is 20.7. The molecule has 2 aromatic rings. The topological polar surface area (TPSA) is 227 Å². The molecular formula is C35H44GdN5O12. The van der Waals surface area contributed by atoms with E-state index >= 15 is 0 Å². The van der Waals surface area contributed by atoms with Crippen molar-refractivity contribution in [3.05, 3.63) is 45.6 Å². The van der Waals surface area contributed by atoms with Crippen molar-refractivity contribution in [3.63, 3.8) is 0 Å². The third-order valence-corrected chi connectivity index (χ3v) is 9.21. The number of aryl methyl sites for hydroxylation is 1. The van der Waals surface area contributed by atoms with Gasteiger partial charge < -0.3 is 54.3 Å². The fourth-order valence-electron chi connectivity index (χ4n) is 6.66. The SMILES string of the molecule is COc1cc2c(c(OC)c1OC)-c1ccc(O)c(=O)cc1[C@@H](NC(=O)CN1CCN(CC(=O)[O-])CCN(CC(=O)[O-])CCN(CC(=O)[O-])CC1)CC2.[Gd+3]. The number of carbonyl (C=O) groups is 4. The van der Waals surface area contributed by atoms with Crippen molar-refractivity contribution in [1.82, 2.24) is 24.9 Å². The zero-order valence-electron chi connectivity index (χ0n) is 29.9. The summed E-state index contributed by atoms with van der Waals surface area (Å²) in [6.45, 7) is 0.0285. The van der Waals surface area contributed by atoms with E-state index in [-0.39, 0.29) is 98.8 Å². The number of rotatable bonds is 12. The molecule has 1 atom stereocenters. The van der Waals surface area contributed by atoms with E-state index in [0.29, 0.717) is 46.8 Å². The zero-order valence-corrected chi connectivity index (χ0v) is 32.1. The second-order valence-corrected chi connectivity index (χ2v) is 12.7. The maximum absolute atomic E-state index is 13.8. The maximum Gasteiger partial charge on any atom is 3.00 e. The molecule has 18 heteroatoms. The smallest absolute Gasteiger partial charge is 0.549 e. The number of carbonyl (C=O) groups excluding carboxylic acids is 4. The van der Waals surface area contributed by atoms with Gasteiger partial charge >= 0.3 is 39.9 Å². The molecule has 0 bridgehead atoms. The Labute approximate surface area is 339 Å². The quantitative estimate of drug-likeness (QED) is 0.207. The number of carboxylic acids is 3. The third kappa shape index (κ3) is 12.2. The molecule has 0 unspecified atom stereocenters. The van der Waals surface area contributed by atoms with Crippen molar-refractivity contribution >= 4 is 23.8 Å². The molecule has 1 aliphatic carbocycles. The number of hydrogen-bond acceptors (Lipinski definition) is 16. The van der Waals surface area contributed by atoms with Gasteiger partial charge in [-0.05, 0) is 47.7 Å². The molecule has 53 heavy (non-hydrogen) atoms. The molecule has 0 aromatic heterocycles. The Morgan fingerprint density at radius 2 is 1.21 bits per heavy atom. The van der Waals surface area contributed by atoms with Crippen LogP contribution in [0.4, 0.5) is 0 Å².